The molecule has 1 rings (SSSR count). The molecule has 0 bridgehead atoms. The first-order valence-electron chi connectivity index (χ1n) is 7.34. The van der Waals surface area contributed by atoms with Gasteiger partial charge in [0.25, 0.3) is 5.91 Å². The summed E-state index contributed by atoms with van der Waals surface area (Å²) in [5.74, 6) is 0.202. The Bertz CT molecular complexity index is 615. The van der Waals surface area contributed by atoms with Crippen molar-refractivity contribution >= 4 is 28.2 Å². The second-order valence-corrected chi connectivity index (χ2v) is 8.72. The maximum Gasteiger partial charge on any atom is 0.251 e. The Morgan fingerprint density at radius 1 is 1.26 bits per heavy atom. The van der Waals surface area contributed by atoms with Crippen LogP contribution in [0.25, 0.3) is 0 Å². The van der Waals surface area contributed by atoms with Crippen LogP contribution in [0, 0.1) is 5.92 Å². The minimum Gasteiger partial charge on any atom is -0.346 e. The average molecular weight is 363 g/mol. The first-order valence-corrected chi connectivity index (χ1v) is 9.40. The molecule has 0 aliphatic rings. The summed E-state index contributed by atoms with van der Waals surface area (Å²) in [4.78, 5) is 12.3. The zero-order chi connectivity index (χ0) is 17.0. The fraction of sp³-hybridized carbons (Fsp3) is 0.562. The van der Waals surface area contributed by atoms with Gasteiger partial charge in [-0.1, -0.05) is 26.0 Å². The van der Waals surface area contributed by atoms with Gasteiger partial charge in [0.2, 0.25) is 0 Å². The van der Waals surface area contributed by atoms with Crippen LogP contribution < -0.4 is 11.1 Å². The van der Waals surface area contributed by atoms with Crippen molar-refractivity contribution in [2.24, 2.45) is 11.7 Å². The van der Waals surface area contributed by atoms with Gasteiger partial charge in [0.15, 0.2) is 9.84 Å². The van der Waals surface area contributed by atoms with Gasteiger partial charge in [-0.2, -0.15) is 0 Å². The highest BCUT2D eigenvalue weighted by Crippen LogP contribution is 2.16. The molecule has 0 aliphatic heterocycles. The Kier molecular flexibility index (Phi) is 8.24. The molecule has 0 aromatic heterocycles. The summed E-state index contributed by atoms with van der Waals surface area (Å²) in [6.45, 7) is 6.46. The van der Waals surface area contributed by atoms with Crippen molar-refractivity contribution in [2.75, 3.05) is 12.8 Å². The van der Waals surface area contributed by atoms with Gasteiger partial charge in [-0.3, -0.25) is 4.79 Å². The topological polar surface area (TPSA) is 89.3 Å². The van der Waals surface area contributed by atoms with Crippen molar-refractivity contribution in [3.05, 3.63) is 35.4 Å². The number of halogens is 1. The number of rotatable bonds is 7. The Labute approximate surface area is 145 Å². The Morgan fingerprint density at radius 2 is 1.78 bits per heavy atom. The molecule has 0 radical (unpaired) electrons. The number of carbonyl (C=O) groups excluding carboxylic acids is 1. The molecule has 0 saturated heterocycles. The maximum absolute atomic E-state index is 12.3. The van der Waals surface area contributed by atoms with Crippen molar-refractivity contribution < 1.29 is 13.2 Å². The number of hydrogen-bond donors (Lipinski definition) is 2. The highest BCUT2D eigenvalue weighted by molar-refractivity contribution is 7.89. The molecule has 1 unspecified atom stereocenters. The lowest BCUT2D eigenvalue weighted by atomic mass is 9.90. The third kappa shape index (κ3) is 7.81. The van der Waals surface area contributed by atoms with E-state index < -0.39 is 15.4 Å². The van der Waals surface area contributed by atoms with Gasteiger partial charge in [0.05, 0.1) is 5.75 Å². The number of carbonyl (C=O) groups is 1. The number of benzene rings is 1. The second kappa shape index (κ2) is 8.66. The van der Waals surface area contributed by atoms with Crippen molar-refractivity contribution in [3.63, 3.8) is 0 Å². The first kappa shape index (κ1) is 21.9. The summed E-state index contributed by atoms with van der Waals surface area (Å²) in [6, 6.07) is 6.61. The molecule has 0 aliphatic carbocycles. The number of nitrogens with two attached hydrogens (primary N) is 1. The van der Waals surface area contributed by atoms with Gasteiger partial charge in [0, 0.05) is 23.9 Å². The van der Waals surface area contributed by atoms with E-state index >= 15 is 0 Å². The minimum absolute atomic E-state index is 0. The van der Waals surface area contributed by atoms with Crippen LogP contribution in [0.5, 0.6) is 0 Å². The van der Waals surface area contributed by atoms with E-state index in [1.807, 2.05) is 6.92 Å². The predicted molar refractivity (Wildman–Crippen MR) is 96.6 cm³/mol. The van der Waals surface area contributed by atoms with Gasteiger partial charge >= 0.3 is 0 Å². The molecule has 7 heteroatoms. The van der Waals surface area contributed by atoms with Crippen LogP contribution in [0.15, 0.2) is 24.3 Å². The fourth-order valence-corrected chi connectivity index (χ4v) is 3.29. The zero-order valence-electron chi connectivity index (χ0n) is 14.1. The minimum atomic E-state index is -3.07. The first-order chi connectivity index (χ1) is 10.0. The molecule has 5 nitrogen and oxygen atoms in total. The van der Waals surface area contributed by atoms with E-state index in [2.05, 4.69) is 19.2 Å². The summed E-state index contributed by atoms with van der Waals surface area (Å²) in [5.41, 5.74) is 6.52. The molecule has 3 N–H and O–H groups in total. The molecule has 23 heavy (non-hydrogen) atoms. The maximum atomic E-state index is 12.3. The Hall–Kier alpha value is -1.11. The molecule has 1 aromatic carbocycles. The van der Waals surface area contributed by atoms with Crippen molar-refractivity contribution in [1.29, 1.82) is 0 Å². The third-order valence-corrected chi connectivity index (χ3v) is 4.23. The normalized spacial score (nSPS) is 14.0. The second-order valence-electron chi connectivity index (χ2n) is 6.58. The SMILES string of the molecule is CC(C)CC(C)(CN)NC(=O)c1ccc(CS(C)(=O)=O)cc1.Cl. The molecule has 1 atom stereocenters. The Balaban J connectivity index is 0.00000484. The standard InChI is InChI=1S/C16H26N2O3S.ClH/c1-12(2)9-16(3,11-17)18-15(19)14-7-5-13(6-8-14)10-22(4,20)21;/h5-8,12H,9-11,17H2,1-4H3,(H,18,19);1H. The Morgan fingerprint density at radius 3 is 2.17 bits per heavy atom. The van der Waals surface area contributed by atoms with Gasteiger partial charge in [-0.25, -0.2) is 8.42 Å². The molecular weight excluding hydrogens is 336 g/mol. The molecular formula is C16H27ClN2O3S. The average Bonchev–Trinajstić information content (AvgIpc) is 2.36. The van der Waals surface area contributed by atoms with Crippen LogP contribution in [-0.2, 0) is 15.6 Å². The van der Waals surface area contributed by atoms with E-state index in [9.17, 15) is 13.2 Å². The van der Waals surface area contributed by atoms with E-state index in [1.54, 1.807) is 24.3 Å². The van der Waals surface area contributed by atoms with Crippen LogP contribution in [0.2, 0.25) is 0 Å². The van der Waals surface area contributed by atoms with E-state index in [1.165, 1.54) is 6.26 Å². The smallest absolute Gasteiger partial charge is 0.251 e. The van der Waals surface area contributed by atoms with E-state index in [0.717, 1.165) is 6.42 Å². The van der Waals surface area contributed by atoms with Gasteiger partial charge in [-0.05, 0) is 37.0 Å². The van der Waals surface area contributed by atoms with E-state index in [-0.39, 0.29) is 24.1 Å². The van der Waals surface area contributed by atoms with E-state index in [4.69, 9.17) is 5.73 Å². The lowest BCUT2D eigenvalue weighted by Gasteiger charge is -2.31. The summed E-state index contributed by atoms with van der Waals surface area (Å²) < 4.78 is 22.5. The summed E-state index contributed by atoms with van der Waals surface area (Å²) in [5, 5.41) is 2.98. The summed E-state index contributed by atoms with van der Waals surface area (Å²) >= 11 is 0. The number of hydrogen-bond acceptors (Lipinski definition) is 4. The van der Waals surface area contributed by atoms with Crippen LogP contribution in [-0.4, -0.2) is 32.7 Å². The quantitative estimate of drug-likeness (QED) is 0.777. The zero-order valence-corrected chi connectivity index (χ0v) is 15.8. The molecule has 0 fully saturated rings. The highest BCUT2D eigenvalue weighted by atomic mass is 35.5. The fourth-order valence-electron chi connectivity index (χ4n) is 2.49. The van der Waals surface area contributed by atoms with Gasteiger partial charge < -0.3 is 11.1 Å². The lowest BCUT2D eigenvalue weighted by Crippen LogP contribution is -2.52. The molecule has 0 heterocycles. The van der Waals surface area contributed by atoms with Crippen LogP contribution >= 0.6 is 12.4 Å². The van der Waals surface area contributed by atoms with Crippen molar-refractivity contribution in [3.8, 4) is 0 Å². The largest absolute Gasteiger partial charge is 0.346 e. The van der Waals surface area contributed by atoms with Crippen molar-refractivity contribution in [1.82, 2.24) is 5.32 Å². The number of nitrogens with one attached hydrogen (secondary N) is 1. The molecule has 0 spiro atoms. The van der Waals surface area contributed by atoms with Crippen LogP contribution in [0.3, 0.4) is 0 Å². The summed E-state index contributed by atoms with van der Waals surface area (Å²) in [6.07, 6.45) is 1.98. The molecule has 1 aromatic rings. The molecule has 0 saturated carbocycles. The van der Waals surface area contributed by atoms with Gasteiger partial charge in [-0.15, -0.1) is 12.4 Å². The highest BCUT2D eigenvalue weighted by Gasteiger charge is 2.26. The van der Waals surface area contributed by atoms with Crippen LogP contribution in [0.4, 0.5) is 0 Å². The molecule has 132 valence electrons. The number of amides is 1. The predicted octanol–water partition coefficient (Wildman–Crippen LogP) is 2.15. The van der Waals surface area contributed by atoms with E-state index in [0.29, 0.717) is 23.6 Å². The number of sulfone groups is 1. The third-order valence-electron chi connectivity index (χ3n) is 3.37. The summed E-state index contributed by atoms with van der Waals surface area (Å²) in [7, 11) is -3.07. The van der Waals surface area contributed by atoms with Crippen molar-refractivity contribution in [2.45, 2.75) is 38.5 Å². The van der Waals surface area contributed by atoms with Gasteiger partial charge in [0.1, 0.15) is 0 Å². The van der Waals surface area contributed by atoms with Crippen LogP contribution in [0.1, 0.15) is 43.1 Å². The monoisotopic (exact) mass is 362 g/mol. The molecule has 1 amide bonds. The lowest BCUT2D eigenvalue weighted by molar-refractivity contribution is 0.0898.